The molecule has 4 atom stereocenters. The fraction of sp³-hybridized carbons (Fsp3) is 0.484. The normalized spacial score (nSPS) is 27.4. The number of benzene rings is 2. The van der Waals surface area contributed by atoms with Gasteiger partial charge in [0, 0.05) is 59.2 Å². The van der Waals surface area contributed by atoms with Gasteiger partial charge >= 0.3 is 6.01 Å². The molecule has 0 saturated carbocycles. The van der Waals surface area contributed by atoms with Gasteiger partial charge in [0.1, 0.15) is 24.1 Å². The summed E-state index contributed by atoms with van der Waals surface area (Å²) in [6, 6.07) is 8.39. The smallest absolute Gasteiger partial charge is 0.319 e. The molecule has 0 aliphatic carbocycles. The van der Waals surface area contributed by atoms with Gasteiger partial charge in [0.15, 0.2) is 5.82 Å². The topological polar surface area (TPSA) is 79.5 Å². The fourth-order valence-corrected chi connectivity index (χ4v) is 9.16. The van der Waals surface area contributed by atoms with Crippen LogP contribution in [-0.2, 0) is 0 Å². The summed E-state index contributed by atoms with van der Waals surface area (Å²) in [7, 11) is 0. The Hall–Kier alpha value is -2.79. The van der Waals surface area contributed by atoms with Crippen molar-refractivity contribution in [3.05, 3.63) is 40.7 Å². The molecule has 2 aromatic heterocycles. The molecule has 4 saturated heterocycles. The van der Waals surface area contributed by atoms with Crippen LogP contribution in [0.25, 0.3) is 32.1 Å². The molecule has 0 spiro atoms. The van der Waals surface area contributed by atoms with E-state index in [9.17, 15) is 4.39 Å². The number of nitrogens with one attached hydrogen (secondary N) is 1. The van der Waals surface area contributed by atoms with E-state index in [0.717, 1.165) is 61.0 Å². The highest BCUT2D eigenvalue weighted by molar-refractivity contribution is 7.23. The number of aryl methyl sites for hydroxylation is 1. The van der Waals surface area contributed by atoms with Gasteiger partial charge in [-0.3, -0.25) is 4.90 Å². The predicted molar refractivity (Wildman–Crippen MR) is 165 cm³/mol. The van der Waals surface area contributed by atoms with Crippen LogP contribution in [0, 0.1) is 12.7 Å². The molecule has 0 radical (unpaired) electrons. The van der Waals surface area contributed by atoms with E-state index >= 15 is 4.39 Å². The van der Waals surface area contributed by atoms with E-state index in [-0.39, 0.29) is 23.7 Å². The van der Waals surface area contributed by atoms with E-state index in [0.29, 0.717) is 57.4 Å². The monoisotopic (exact) mass is 610 g/mol. The van der Waals surface area contributed by atoms with E-state index in [1.54, 1.807) is 6.07 Å². The van der Waals surface area contributed by atoms with E-state index in [4.69, 9.17) is 27.1 Å². The minimum Gasteiger partial charge on any atom is -0.461 e. The Balaban J connectivity index is 1.27. The predicted octanol–water partition coefficient (Wildman–Crippen LogP) is 6.09. The van der Waals surface area contributed by atoms with Crippen LogP contribution >= 0.6 is 22.9 Å². The summed E-state index contributed by atoms with van der Waals surface area (Å²) in [6.45, 7) is 5.05. The molecule has 220 valence electrons. The van der Waals surface area contributed by atoms with Gasteiger partial charge in [0.25, 0.3) is 0 Å². The summed E-state index contributed by atoms with van der Waals surface area (Å²) < 4.78 is 38.5. The number of anilines is 2. The van der Waals surface area contributed by atoms with Crippen molar-refractivity contribution in [2.24, 2.45) is 0 Å². The van der Waals surface area contributed by atoms with Gasteiger partial charge in [-0.1, -0.05) is 23.7 Å². The zero-order valence-electron chi connectivity index (χ0n) is 23.4. The first kappa shape index (κ1) is 26.8. The Morgan fingerprint density at radius 3 is 2.83 bits per heavy atom. The Bertz CT molecular complexity index is 1720. The number of hydrogen-bond donors (Lipinski definition) is 2. The summed E-state index contributed by atoms with van der Waals surface area (Å²) in [5.74, 6) is 0.122. The first-order valence-corrected chi connectivity index (χ1v) is 16.0. The molecular formula is C31H33ClF2N6OS. The number of fused-ring (bicyclic) bond motifs is 5. The largest absolute Gasteiger partial charge is 0.461 e. The second-order valence-corrected chi connectivity index (χ2v) is 13.9. The summed E-state index contributed by atoms with van der Waals surface area (Å²) in [5.41, 5.74) is 7.97. The van der Waals surface area contributed by atoms with Crippen LogP contribution in [0.5, 0.6) is 6.01 Å². The first-order chi connectivity index (χ1) is 20.3. The maximum atomic E-state index is 16.8. The lowest BCUT2D eigenvalue weighted by Gasteiger charge is -2.34. The van der Waals surface area contributed by atoms with Gasteiger partial charge in [0.2, 0.25) is 0 Å². The molecule has 0 amide bonds. The molecular weight excluding hydrogens is 578 g/mol. The maximum Gasteiger partial charge on any atom is 0.319 e. The number of piperazine rings is 1. The molecule has 8 rings (SSSR count). The molecule has 4 aliphatic rings. The van der Waals surface area contributed by atoms with Crippen molar-refractivity contribution in [3.63, 3.8) is 0 Å². The lowest BCUT2D eigenvalue weighted by Crippen LogP contribution is -2.51. The standard InChI is InChI=1S/C31H33ClF2N6OS/c1-16-24-20(4-2-5-23(24)42-28(16)35)25-22(32)10-21-27(26(25)34)37-30(38-29(21)39-13-18-6-7-19(14-39)36-18)41-15-31-8-3-9-40(31)12-17(33)11-31/h2,4-5,10,17-19,36H,3,6-9,11-15,35H2,1H3/t17-,18?,19?,31+/m1/s1. The molecule has 6 heterocycles. The molecule has 4 aliphatic heterocycles. The Morgan fingerprint density at radius 1 is 1.21 bits per heavy atom. The van der Waals surface area contributed by atoms with Crippen molar-refractivity contribution < 1.29 is 13.5 Å². The summed E-state index contributed by atoms with van der Waals surface area (Å²) in [5, 5.41) is 6.11. The fourth-order valence-electron chi connectivity index (χ4n) is 7.86. The Morgan fingerprint density at radius 2 is 2.02 bits per heavy atom. The van der Waals surface area contributed by atoms with E-state index in [1.165, 1.54) is 11.3 Å². The minimum atomic E-state index is -0.863. The zero-order chi connectivity index (χ0) is 28.7. The van der Waals surface area contributed by atoms with Gasteiger partial charge in [-0.15, -0.1) is 11.3 Å². The van der Waals surface area contributed by atoms with Crippen LogP contribution in [0.3, 0.4) is 0 Å². The van der Waals surface area contributed by atoms with E-state index < -0.39 is 12.0 Å². The quantitative estimate of drug-likeness (QED) is 0.283. The number of aromatic nitrogens is 2. The number of rotatable bonds is 5. The van der Waals surface area contributed by atoms with Crippen LogP contribution in [0.4, 0.5) is 19.6 Å². The number of ether oxygens (including phenoxy) is 1. The number of nitrogens with two attached hydrogens (primary N) is 1. The summed E-state index contributed by atoms with van der Waals surface area (Å²) in [6.07, 6.45) is 3.66. The highest BCUT2D eigenvalue weighted by Crippen LogP contribution is 2.45. The van der Waals surface area contributed by atoms with Gasteiger partial charge in [0.05, 0.1) is 15.6 Å². The molecule has 3 N–H and O–H groups in total. The van der Waals surface area contributed by atoms with Crippen molar-refractivity contribution in [3.8, 4) is 17.1 Å². The van der Waals surface area contributed by atoms with Crippen molar-refractivity contribution in [1.82, 2.24) is 20.2 Å². The number of nitrogen functional groups attached to an aromatic ring is 1. The molecule has 2 aromatic carbocycles. The van der Waals surface area contributed by atoms with Crippen LogP contribution in [0.15, 0.2) is 24.3 Å². The second kappa shape index (κ2) is 9.87. The third-order valence-corrected chi connectivity index (χ3v) is 11.2. The van der Waals surface area contributed by atoms with Crippen molar-refractivity contribution in [2.45, 2.75) is 62.8 Å². The second-order valence-electron chi connectivity index (χ2n) is 12.5. The molecule has 4 fully saturated rings. The highest BCUT2D eigenvalue weighted by Gasteiger charge is 2.49. The van der Waals surface area contributed by atoms with Gasteiger partial charge < -0.3 is 20.7 Å². The highest BCUT2D eigenvalue weighted by atomic mass is 35.5. The number of thiophene rings is 1. The van der Waals surface area contributed by atoms with Crippen molar-refractivity contribution >= 4 is 54.7 Å². The van der Waals surface area contributed by atoms with Crippen molar-refractivity contribution in [1.29, 1.82) is 0 Å². The number of halogens is 3. The van der Waals surface area contributed by atoms with Gasteiger partial charge in [-0.05, 0) is 62.4 Å². The minimum absolute atomic E-state index is 0.119. The first-order valence-electron chi connectivity index (χ1n) is 14.8. The molecule has 11 heteroatoms. The van der Waals surface area contributed by atoms with Crippen LogP contribution in [-0.4, -0.2) is 71.4 Å². The zero-order valence-corrected chi connectivity index (χ0v) is 25.0. The van der Waals surface area contributed by atoms with Crippen molar-refractivity contribution in [2.75, 3.05) is 43.4 Å². The number of nitrogens with zero attached hydrogens (tertiary/aromatic N) is 4. The maximum absolute atomic E-state index is 16.8. The SMILES string of the molecule is Cc1c(N)sc2cccc(-c3c(Cl)cc4c(N5CC6CCC(C5)N6)nc(OC[C@@]56CCCN5C[C@H](F)C6)nc4c3F)c12. The third-order valence-electron chi connectivity index (χ3n) is 9.85. The van der Waals surface area contributed by atoms with Gasteiger partial charge in [-0.2, -0.15) is 9.97 Å². The van der Waals surface area contributed by atoms with E-state index in [1.807, 2.05) is 25.1 Å². The Kier molecular flexibility index (Phi) is 6.30. The average Bonchev–Trinajstić information content (AvgIpc) is 3.68. The molecule has 4 aromatic rings. The average molecular weight is 611 g/mol. The van der Waals surface area contributed by atoms with Crippen LogP contribution in [0.1, 0.15) is 37.7 Å². The third kappa shape index (κ3) is 4.17. The summed E-state index contributed by atoms with van der Waals surface area (Å²) >= 11 is 8.40. The van der Waals surface area contributed by atoms with Gasteiger partial charge in [-0.25, -0.2) is 8.78 Å². The molecule has 42 heavy (non-hydrogen) atoms. The number of hydrogen-bond acceptors (Lipinski definition) is 8. The van der Waals surface area contributed by atoms with Crippen LogP contribution < -0.4 is 20.7 Å². The molecule has 2 unspecified atom stereocenters. The lowest BCUT2D eigenvalue weighted by atomic mass is 9.95. The molecule has 2 bridgehead atoms. The molecule has 7 nitrogen and oxygen atoms in total. The van der Waals surface area contributed by atoms with Crippen LogP contribution in [0.2, 0.25) is 5.02 Å². The van der Waals surface area contributed by atoms with E-state index in [2.05, 4.69) is 20.1 Å². The Labute approximate surface area is 252 Å². The number of alkyl halides is 1. The lowest BCUT2D eigenvalue weighted by molar-refractivity contribution is 0.107. The summed E-state index contributed by atoms with van der Waals surface area (Å²) in [4.78, 5) is 13.9.